The molecular formula is C28H34FN5O3. The van der Waals surface area contributed by atoms with Gasteiger partial charge >= 0.3 is 0 Å². The molecule has 0 atom stereocenters. The normalized spacial score (nSPS) is 14.1. The standard InChI is InChI=1S/C28H34FN5O3/c1-21(2)18-27(36)33(13-12-32-14-16-37-17-15-32)20-26(35)31-28-30-25(22-6-4-3-5-7-22)19-34(28)24-10-8-23(29)9-11-24/h3-11,19,21H,12-18,20H2,1-2H3,(H,30,31,35). The lowest BCUT2D eigenvalue weighted by Gasteiger charge is -2.30. The molecule has 196 valence electrons. The van der Waals surface area contributed by atoms with Crippen LogP contribution in [0.1, 0.15) is 20.3 Å². The van der Waals surface area contributed by atoms with Crippen LogP contribution in [0.4, 0.5) is 10.3 Å². The number of hydrogen-bond donors (Lipinski definition) is 1. The van der Waals surface area contributed by atoms with Crippen LogP contribution in [0.2, 0.25) is 0 Å². The van der Waals surface area contributed by atoms with E-state index in [-0.39, 0.29) is 30.1 Å². The molecule has 3 aromatic rings. The van der Waals surface area contributed by atoms with E-state index in [1.165, 1.54) is 12.1 Å². The second kappa shape index (κ2) is 12.6. The minimum atomic E-state index is -0.350. The summed E-state index contributed by atoms with van der Waals surface area (Å²) >= 11 is 0. The largest absolute Gasteiger partial charge is 0.379 e. The van der Waals surface area contributed by atoms with Crippen molar-refractivity contribution in [2.75, 3.05) is 51.3 Å². The number of benzene rings is 2. The fourth-order valence-corrected chi connectivity index (χ4v) is 4.21. The summed E-state index contributed by atoms with van der Waals surface area (Å²) in [6.07, 6.45) is 2.18. The lowest BCUT2D eigenvalue weighted by atomic mass is 10.1. The van der Waals surface area contributed by atoms with Crippen LogP contribution in [0.3, 0.4) is 0 Å². The number of morpholine rings is 1. The van der Waals surface area contributed by atoms with E-state index >= 15 is 0 Å². The van der Waals surface area contributed by atoms with Crippen LogP contribution < -0.4 is 5.32 Å². The zero-order valence-corrected chi connectivity index (χ0v) is 21.4. The SMILES string of the molecule is CC(C)CC(=O)N(CCN1CCOCC1)CC(=O)Nc1nc(-c2ccccc2)cn1-c1ccc(F)cc1. The number of carbonyl (C=O) groups excluding carboxylic acids is 2. The van der Waals surface area contributed by atoms with Gasteiger partial charge in [-0.05, 0) is 30.2 Å². The summed E-state index contributed by atoms with van der Waals surface area (Å²) in [5.74, 6) is -0.248. The van der Waals surface area contributed by atoms with Crippen LogP contribution >= 0.6 is 0 Å². The number of hydrogen-bond acceptors (Lipinski definition) is 5. The monoisotopic (exact) mass is 507 g/mol. The van der Waals surface area contributed by atoms with Crippen molar-refractivity contribution in [2.45, 2.75) is 20.3 Å². The van der Waals surface area contributed by atoms with Crippen molar-refractivity contribution in [3.8, 4) is 16.9 Å². The molecule has 9 heteroatoms. The minimum absolute atomic E-state index is 0.0507. The Morgan fingerprint density at radius 2 is 1.78 bits per heavy atom. The third-order valence-electron chi connectivity index (χ3n) is 6.19. The van der Waals surface area contributed by atoms with Gasteiger partial charge in [0.05, 0.1) is 25.5 Å². The van der Waals surface area contributed by atoms with Gasteiger partial charge in [-0.15, -0.1) is 0 Å². The number of rotatable bonds is 10. The lowest BCUT2D eigenvalue weighted by Crippen LogP contribution is -2.45. The van der Waals surface area contributed by atoms with Crippen LogP contribution in [-0.2, 0) is 14.3 Å². The summed E-state index contributed by atoms with van der Waals surface area (Å²) in [5.41, 5.74) is 2.21. The first kappa shape index (κ1) is 26.5. The second-order valence-electron chi connectivity index (χ2n) is 9.58. The van der Waals surface area contributed by atoms with E-state index in [9.17, 15) is 14.0 Å². The van der Waals surface area contributed by atoms with E-state index in [0.717, 1.165) is 18.7 Å². The van der Waals surface area contributed by atoms with Gasteiger partial charge in [0, 0.05) is 50.0 Å². The molecule has 0 unspecified atom stereocenters. The Hall–Kier alpha value is -3.56. The van der Waals surface area contributed by atoms with Crippen molar-refractivity contribution in [1.29, 1.82) is 0 Å². The Bertz CT molecular complexity index is 1170. The lowest BCUT2D eigenvalue weighted by molar-refractivity contribution is -0.135. The number of nitrogens with zero attached hydrogens (tertiary/aromatic N) is 4. The van der Waals surface area contributed by atoms with Crippen LogP contribution in [0.5, 0.6) is 0 Å². The van der Waals surface area contributed by atoms with Gasteiger partial charge in [0.1, 0.15) is 5.82 Å². The highest BCUT2D eigenvalue weighted by molar-refractivity contribution is 5.94. The maximum atomic E-state index is 13.6. The smallest absolute Gasteiger partial charge is 0.246 e. The van der Waals surface area contributed by atoms with Gasteiger partial charge in [-0.2, -0.15) is 0 Å². The predicted octanol–water partition coefficient (Wildman–Crippen LogP) is 3.82. The molecule has 0 bridgehead atoms. The average Bonchev–Trinajstić information content (AvgIpc) is 3.31. The van der Waals surface area contributed by atoms with Crippen LogP contribution in [0, 0.1) is 11.7 Å². The van der Waals surface area contributed by atoms with Crippen molar-refractivity contribution in [2.24, 2.45) is 5.92 Å². The molecule has 0 saturated carbocycles. The Balaban J connectivity index is 1.52. The van der Waals surface area contributed by atoms with Crippen LogP contribution in [0.25, 0.3) is 16.9 Å². The highest BCUT2D eigenvalue weighted by atomic mass is 19.1. The van der Waals surface area contributed by atoms with Gasteiger partial charge < -0.3 is 9.64 Å². The summed E-state index contributed by atoms with van der Waals surface area (Å²) in [6, 6.07) is 15.6. The number of ether oxygens (including phenoxy) is 1. The molecule has 0 spiro atoms. The minimum Gasteiger partial charge on any atom is -0.379 e. The summed E-state index contributed by atoms with van der Waals surface area (Å²) in [4.78, 5) is 34.7. The van der Waals surface area contributed by atoms with Crippen molar-refractivity contribution in [3.63, 3.8) is 0 Å². The highest BCUT2D eigenvalue weighted by Crippen LogP contribution is 2.24. The molecule has 1 fully saturated rings. The molecule has 8 nitrogen and oxygen atoms in total. The van der Waals surface area contributed by atoms with E-state index in [0.29, 0.717) is 50.1 Å². The number of anilines is 1. The quantitative estimate of drug-likeness (QED) is 0.451. The second-order valence-corrected chi connectivity index (χ2v) is 9.58. The highest BCUT2D eigenvalue weighted by Gasteiger charge is 2.22. The fourth-order valence-electron chi connectivity index (χ4n) is 4.21. The van der Waals surface area contributed by atoms with E-state index in [1.54, 1.807) is 27.8 Å². The van der Waals surface area contributed by atoms with Crippen molar-refractivity contribution in [3.05, 3.63) is 66.6 Å². The van der Waals surface area contributed by atoms with E-state index in [1.807, 2.05) is 44.2 Å². The zero-order valence-electron chi connectivity index (χ0n) is 21.4. The summed E-state index contributed by atoms with van der Waals surface area (Å²) < 4.78 is 20.7. The van der Waals surface area contributed by atoms with Crippen molar-refractivity contribution in [1.82, 2.24) is 19.4 Å². The number of aromatic nitrogens is 2. The topological polar surface area (TPSA) is 79.7 Å². The van der Waals surface area contributed by atoms with Crippen molar-refractivity contribution < 1.29 is 18.7 Å². The molecule has 0 radical (unpaired) electrons. The number of imidazole rings is 1. The molecule has 2 amide bonds. The molecule has 0 aliphatic carbocycles. The third kappa shape index (κ3) is 7.47. The molecule has 2 aromatic carbocycles. The molecule has 1 aliphatic rings. The number of halogens is 1. The van der Waals surface area contributed by atoms with Crippen LogP contribution in [-0.4, -0.2) is 77.1 Å². The van der Waals surface area contributed by atoms with Gasteiger partial charge in [0.15, 0.2) is 0 Å². The molecule has 1 aromatic heterocycles. The van der Waals surface area contributed by atoms with Gasteiger partial charge in [0.25, 0.3) is 0 Å². The first-order chi connectivity index (χ1) is 17.9. The molecule has 37 heavy (non-hydrogen) atoms. The molecular weight excluding hydrogens is 473 g/mol. The van der Waals surface area contributed by atoms with Gasteiger partial charge in [-0.3, -0.25) is 24.4 Å². The summed E-state index contributed by atoms with van der Waals surface area (Å²) in [7, 11) is 0. The maximum Gasteiger partial charge on any atom is 0.246 e. The average molecular weight is 508 g/mol. The molecule has 1 aliphatic heterocycles. The number of nitrogens with one attached hydrogen (secondary N) is 1. The van der Waals surface area contributed by atoms with Gasteiger partial charge in [0.2, 0.25) is 17.8 Å². The molecule has 1 N–H and O–H groups in total. The Labute approximate surface area is 217 Å². The fraction of sp³-hybridized carbons (Fsp3) is 0.393. The Morgan fingerprint density at radius 1 is 1.08 bits per heavy atom. The van der Waals surface area contributed by atoms with Gasteiger partial charge in [-0.25, -0.2) is 9.37 Å². The zero-order chi connectivity index (χ0) is 26.2. The Kier molecular flexibility index (Phi) is 9.03. The predicted molar refractivity (Wildman–Crippen MR) is 141 cm³/mol. The number of carbonyl (C=O) groups is 2. The number of amides is 2. The Morgan fingerprint density at radius 3 is 2.46 bits per heavy atom. The van der Waals surface area contributed by atoms with E-state index in [4.69, 9.17) is 4.74 Å². The third-order valence-corrected chi connectivity index (χ3v) is 6.19. The summed E-state index contributed by atoms with van der Waals surface area (Å²) in [5, 5.41) is 2.88. The van der Waals surface area contributed by atoms with Gasteiger partial charge in [-0.1, -0.05) is 44.2 Å². The van der Waals surface area contributed by atoms with Crippen molar-refractivity contribution >= 4 is 17.8 Å². The first-order valence-electron chi connectivity index (χ1n) is 12.7. The maximum absolute atomic E-state index is 13.6. The molecule has 4 rings (SSSR count). The van der Waals surface area contributed by atoms with Crippen LogP contribution in [0.15, 0.2) is 60.8 Å². The molecule has 1 saturated heterocycles. The van der Waals surface area contributed by atoms with E-state index < -0.39 is 0 Å². The molecule has 2 heterocycles. The summed E-state index contributed by atoms with van der Waals surface area (Å²) in [6.45, 7) is 8.03. The first-order valence-corrected chi connectivity index (χ1v) is 12.7. The van der Waals surface area contributed by atoms with E-state index in [2.05, 4.69) is 15.2 Å².